The van der Waals surface area contributed by atoms with Crippen molar-refractivity contribution in [3.05, 3.63) is 33.9 Å². The van der Waals surface area contributed by atoms with E-state index in [9.17, 15) is 23.5 Å². The van der Waals surface area contributed by atoms with E-state index >= 15 is 0 Å². The molecule has 0 amide bonds. The van der Waals surface area contributed by atoms with Gasteiger partial charge in [0.05, 0.1) is 30.2 Å². The maximum absolute atomic E-state index is 14.9. The minimum atomic E-state index is -1.44. The van der Waals surface area contributed by atoms with Gasteiger partial charge in [0.2, 0.25) is 5.43 Å². The SMILES string of the molecule is Cl.O=C(O)c1cn(C2CC2F)c2nc(N3CC4NCCOC4C3)c(F)cc2c1=O. The number of aromatic nitrogens is 2. The first-order valence-corrected chi connectivity index (χ1v) is 9.16. The highest BCUT2D eigenvalue weighted by Crippen LogP contribution is 2.40. The van der Waals surface area contributed by atoms with Crippen molar-refractivity contribution in [1.29, 1.82) is 0 Å². The molecule has 11 heteroatoms. The molecular weight excluding hydrogens is 410 g/mol. The van der Waals surface area contributed by atoms with Crippen LogP contribution in [0.3, 0.4) is 0 Å². The topological polar surface area (TPSA) is 96.7 Å². The summed E-state index contributed by atoms with van der Waals surface area (Å²) in [6, 6.07) is 0.466. The summed E-state index contributed by atoms with van der Waals surface area (Å²) in [4.78, 5) is 30.0. The molecule has 0 aromatic carbocycles. The Morgan fingerprint density at radius 2 is 2.14 bits per heavy atom. The van der Waals surface area contributed by atoms with Crippen LogP contribution in [0.1, 0.15) is 22.8 Å². The average molecular weight is 429 g/mol. The van der Waals surface area contributed by atoms with Gasteiger partial charge < -0.3 is 24.6 Å². The summed E-state index contributed by atoms with van der Waals surface area (Å²) < 4.78 is 35.6. The second-order valence-corrected chi connectivity index (χ2v) is 7.44. The fourth-order valence-electron chi connectivity index (χ4n) is 4.07. The van der Waals surface area contributed by atoms with Crippen LogP contribution in [0.25, 0.3) is 11.0 Å². The number of pyridine rings is 2. The summed E-state index contributed by atoms with van der Waals surface area (Å²) in [5, 5.41) is 12.4. The molecule has 29 heavy (non-hydrogen) atoms. The molecule has 1 aliphatic carbocycles. The molecule has 2 aromatic rings. The van der Waals surface area contributed by atoms with Crippen molar-refractivity contribution in [3.63, 3.8) is 0 Å². The maximum atomic E-state index is 14.9. The molecule has 8 nitrogen and oxygen atoms in total. The Balaban J connectivity index is 0.00000205. The first kappa shape index (κ1) is 20.0. The number of aromatic carboxylic acids is 1. The Labute approximate surface area is 169 Å². The third-order valence-corrected chi connectivity index (χ3v) is 5.61. The number of hydrogen-bond acceptors (Lipinski definition) is 6. The van der Waals surface area contributed by atoms with E-state index in [1.807, 2.05) is 0 Å². The number of carbonyl (C=O) groups is 1. The normalized spacial score (nSPS) is 28.1. The Hall–Kier alpha value is -2.30. The average Bonchev–Trinajstić information content (AvgIpc) is 3.23. The van der Waals surface area contributed by atoms with E-state index in [-0.39, 0.29) is 47.8 Å². The zero-order chi connectivity index (χ0) is 19.6. The van der Waals surface area contributed by atoms with Crippen LogP contribution in [0.4, 0.5) is 14.6 Å². The predicted molar refractivity (Wildman–Crippen MR) is 102 cm³/mol. The second-order valence-electron chi connectivity index (χ2n) is 7.44. The molecule has 2 saturated heterocycles. The van der Waals surface area contributed by atoms with Gasteiger partial charge in [0.1, 0.15) is 17.4 Å². The smallest absolute Gasteiger partial charge is 0.341 e. The van der Waals surface area contributed by atoms with Crippen LogP contribution in [-0.2, 0) is 4.74 Å². The number of anilines is 1. The summed E-state index contributed by atoms with van der Waals surface area (Å²) in [7, 11) is 0. The monoisotopic (exact) mass is 428 g/mol. The van der Waals surface area contributed by atoms with Gasteiger partial charge >= 0.3 is 5.97 Å². The lowest BCUT2D eigenvalue weighted by molar-refractivity contribution is 0.0212. The molecule has 2 aliphatic heterocycles. The highest BCUT2D eigenvalue weighted by molar-refractivity contribution is 5.92. The predicted octanol–water partition coefficient (Wildman–Crippen LogP) is 1.12. The number of nitrogens with one attached hydrogen (secondary N) is 1. The summed E-state index contributed by atoms with van der Waals surface area (Å²) in [5.41, 5.74) is -1.25. The van der Waals surface area contributed by atoms with Gasteiger partial charge in [0.15, 0.2) is 11.6 Å². The van der Waals surface area contributed by atoms with Crippen molar-refractivity contribution >= 4 is 35.2 Å². The number of nitrogens with zero attached hydrogens (tertiary/aromatic N) is 3. The lowest BCUT2D eigenvalue weighted by Gasteiger charge is -2.25. The van der Waals surface area contributed by atoms with Crippen molar-refractivity contribution < 1.29 is 23.4 Å². The van der Waals surface area contributed by atoms with Crippen LogP contribution < -0.4 is 15.6 Å². The molecule has 0 bridgehead atoms. The number of ether oxygens (including phenoxy) is 1. The Morgan fingerprint density at radius 3 is 2.79 bits per heavy atom. The first-order valence-electron chi connectivity index (χ1n) is 9.16. The molecule has 3 fully saturated rings. The maximum Gasteiger partial charge on any atom is 0.341 e. The van der Waals surface area contributed by atoms with E-state index in [2.05, 4.69) is 10.3 Å². The second kappa shape index (κ2) is 7.19. The fourth-order valence-corrected chi connectivity index (χ4v) is 4.07. The molecular formula is C18H19ClF2N4O4. The van der Waals surface area contributed by atoms with E-state index in [1.165, 1.54) is 4.57 Å². The van der Waals surface area contributed by atoms with Crippen molar-refractivity contribution in [3.8, 4) is 0 Å². The molecule has 0 spiro atoms. The summed E-state index contributed by atoms with van der Waals surface area (Å²) in [6.07, 6.45) is 0.0907. The van der Waals surface area contributed by atoms with Gasteiger partial charge in [-0.3, -0.25) is 4.79 Å². The van der Waals surface area contributed by atoms with Crippen LogP contribution in [0.5, 0.6) is 0 Å². The number of alkyl halides is 1. The fraction of sp³-hybridized carbons (Fsp3) is 0.500. The molecule has 2 aromatic heterocycles. The number of morpholine rings is 1. The van der Waals surface area contributed by atoms with Crippen molar-refractivity contribution in [2.45, 2.75) is 30.8 Å². The highest BCUT2D eigenvalue weighted by atomic mass is 35.5. The van der Waals surface area contributed by atoms with Gasteiger partial charge in [0.25, 0.3) is 0 Å². The summed E-state index contributed by atoms with van der Waals surface area (Å²) in [5.74, 6) is -2.10. The third kappa shape index (κ3) is 3.24. The number of halogens is 3. The van der Waals surface area contributed by atoms with Gasteiger partial charge in [-0.15, -0.1) is 12.4 Å². The Kier molecular flexibility index (Phi) is 4.96. The largest absolute Gasteiger partial charge is 0.477 e. The van der Waals surface area contributed by atoms with Crippen molar-refractivity contribution in [2.75, 3.05) is 31.1 Å². The van der Waals surface area contributed by atoms with Gasteiger partial charge in [-0.05, 0) is 6.07 Å². The first-order chi connectivity index (χ1) is 13.4. The molecule has 5 rings (SSSR count). The zero-order valence-electron chi connectivity index (χ0n) is 15.2. The van der Waals surface area contributed by atoms with Gasteiger partial charge in [0, 0.05) is 32.3 Å². The van der Waals surface area contributed by atoms with Crippen molar-refractivity contribution in [1.82, 2.24) is 14.9 Å². The molecule has 156 valence electrons. The molecule has 4 atom stereocenters. The molecule has 1 saturated carbocycles. The molecule has 2 N–H and O–H groups in total. The standard InChI is InChI=1S/C18H18F2N4O4.ClH/c19-10-4-13(10)24-5-9(18(26)27)15(25)8-3-11(20)17(22-16(8)24)23-6-12-14(7-23)28-2-1-21-12;/h3,5,10,12-14,21H,1-2,4,6-7H2,(H,26,27);1H. The van der Waals surface area contributed by atoms with Gasteiger partial charge in [-0.25, -0.2) is 18.6 Å². The lowest BCUT2D eigenvalue weighted by atomic mass is 10.2. The number of fused-ring (bicyclic) bond motifs is 2. The van der Waals surface area contributed by atoms with E-state index in [4.69, 9.17) is 4.74 Å². The van der Waals surface area contributed by atoms with Gasteiger partial charge in [-0.2, -0.15) is 0 Å². The minimum absolute atomic E-state index is 0. The van der Waals surface area contributed by atoms with Crippen molar-refractivity contribution in [2.24, 2.45) is 0 Å². The quantitative estimate of drug-likeness (QED) is 0.756. The lowest BCUT2D eigenvalue weighted by Crippen LogP contribution is -2.47. The molecule has 3 aliphatic rings. The Bertz CT molecular complexity index is 1030. The van der Waals surface area contributed by atoms with Gasteiger partial charge in [-0.1, -0.05) is 0 Å². The van der Waals surface area contributed by atoms with E-state index in [1.54, 1.807) is 4.90 Å². The van der Waals surface area contributed by atoms with Crippen LogP contribution in [0, 0.1) is 5.82 Å². The molecule has 0 radical (unpaired) electrons. The van der Waals surface area contributed by atoms with Crippen LogP contribution >= 0.6 is 12.4 Å². The van der Waals surface area contributed by atoms with E-state index in [0.29, 0.717) is 19.7 Å². The molecule has 4 heterocycles. The summed E-state index contributed by atoms with van der Waals surface area (Å²) in [6.45, 7) is 2.24. The van der Waals surface area contributed by atoms with E-state index < -0.39 is 35.0 Å². The summed E-state index contributed by atoms with van der Waals surface area (Å²) >= 11 is 0. The number of hydrogen-bond donors (Lipinski definition) is 2. The highest BCUT2D eigenvalue weighted by Gasteiger charge is 2.41. The van der Waals surface area contributed by atoms with E-state index in [0.717, 1.165) is 18.8 Å². The minimum Gasteiger partial charge on any atom is -0.477 e. The zero-order valence-corrected chi connectivity index (χ0v) is 16.0. The number of carboxylic acid groups (broad SMARTS) is 1. The Morgan fingerprint density at radius 1 is 1.38 bits per heavy atom. The number of rotatable bonds is 3. The molecule has 4 unspecified atom stereocenters. The van der Waals surface area contributed by atoms with Crippen LogP contribution in [-0.4, -0.2) is 65.2 Å². The van der Waals surface area contributed by atoms with Crippen LogP contribution in [0.15, 0.2) is 17.1 Å². The number of carboxylic acids is 1. The third-order valence-electron chi connectivity index (χ3n) is 5.61. The van der Waals surface area contributed by atoms with Crippen LogP contribution in [0.2, 0.25) is 0 Å².